The lowest BCUT2D eigenvalue weighted by Crippen LogP contribution is -2.21. The van der Waals surface area contributed by atoms with Gasteiger partial charge in [0.2, 0.25) is 0 Å². The van der Waals surface area contributed by atoms with Crippen LogP contribution < -0.4 is 15.7 Å². The number of nitrogens with one attached hydrogen (secondary N) is 1. The summed E-state index contributed by atoms with van der Waals surface area (Å²) < 4.78 is 11.7. The Morgan fingerprint density at radius 1 is 1.28 bits per heavy atom. The standard InChI is InChI=1S/C18H15IN2O4/c1-2-7-24-13-5-3-11-8-14(18(23)25-15(11)9-13)17(22)21-16-6-4-12(19)10-20-16/h3-6,8-10H,2,7H2,1H3,(H,20,21,22). The predicted molar refractivity (Wildman–Crippen MR) is 103 cm³/mol. The third kappa shape index (κ3) is 4.16. The smallest absolute Gasteiger partial charge is 0.349 e. The molecule has 0 bridgehead atoms. The van der Waals surface area contributed by atoms with Crippen molar-refractivity contribution in [2.75, 3.05) is 11.9 Å². The van der Waals surface area contributed by atoms with Crippen LogP contribution in [-0.4, -0.2) is 17.5 Å². The van der Waals surface area contributed by atoms with Crippen molar-refractivity contribution in [3.05, 3.63) is 62.1 Å². The van der Waals surface area contributed by atoms with Gasteiger partial charge in [0.1, 0.15) is 22.7 Å². The van der Waals surface area contributed by atoms with Gasteiger partial charge in [0.15, 0.2) is 0 Å². The number of carbonyl (C=O) groups is 1. The van der Waals surface area contributed by atoms with E-state index in [4.69, 9.17) is 9.15 Å². The number of hydrogen-bond donors (Lipinski definition) is 1. The first-order chi connectivity index (χ1) is 12.1. The first kappa shape index (κ1) is 17.4. The maximum absolute atomic E-state index is 12.3. The van der Waals surface area contributed by atoms with Crippen LogP contribution in [-0.2, 0) is 0 Å². The van der Waals surface area contributed by atoms with Gasteiger partial charge in [-0.3, -0.25) is 4.79 Å². The van der Waals surface area contributed by atoms with E-state index in [1.54, 1.807) is 30.5 Å². The third-order valence-corrected chi connectivity index (χ3v) is 4.03. The van der Waals surface area contributed by atoms with Crippen molar-refractivity contribution in [2.45, 2.75) is 13.3 Å². The monoisotopic (exact) mass is 450 g/mol. The number of ether oxygens (including phenoxy) is 1. The number of rotatable bonds is 5. The van der Waals surface area contributed by atoms with Crippen molar-refractivity contribution in [3.63, 3.8) is 0 Å². The van der Waals surface area contributed by atoms with Crippen molar-refractivity contribution >= 4 is 45.3 Å². The SMILES string of the molecule is CCCOc1ccc2cc(C(=O)Nc3ccc(I)cn3)c(=O)oc2c1. The average molecular weight is 450 g/mol. The number of amides is 1. The number of fused-ring (bicyclic) bond motifs is 1. The highest BCUT2D eigenvalue weighted by Crippen LogP contribution is 2.21. The summed E-state index contributed by atoms with van der Waals surface area (Å²) in [5, 5.41) is 3.23. The summed E-state index contributed by atoms with van der Waals surface area (Å²) in [5.41, 5.74) is -0.402. The Kier molecular flexibility index (Phi) is 5.32. The van der Waals surface area contributed by atoms with Crippen molar-refractivity contribution in [1.29, 1.82) is 0 Å². The summed E-state index contributed by atoms with van der Waals surface area (Å²) in [6.45, 7) is 2.59. The Morgan fingerprint density at radius 3 is 2.84 bits per heavy atom. The number of pyridine rings is 1. The topological polar surface area (TPSA) is 81.4 Å². The molecular formula is C18H15IN2O4. The Morgan fingerprint density at radius 2 is 2.12 bits per heavy atom. The number of anilines is 1. The number of carbonyl (C=O) groups excluding carboxylic acids is 1. The summed E-state index contributed by atoms with van der Waals surface area (Å²) in [4.78, 5) is 28.6. The van der Waals surface area contributed by atoms with Gasteiger partial charge >= 0.3 is 5.63 Å². The summed E-state index contributed by atoms with van der Waals surface area (Å²) in [7, 11) is 0. The van der Waals surface area contributed by atoms with Gasteiger partial charge in [0.25, 0.3) is 5.91 Å². The summed E-state index contributed by atoms with van der Waals surface area (Å²) >= 11 is 2.12. The van der Waals surface area contributed by atoms with Gasteiger partial charge in [-0.1, -0.05) is 6.92 Å². The van der Waals surface area contributed by atoms with Gasteiger partial charge in [0.05, 0.1) is 6.61 Å². The molecule has 2 aromatic heterocycles. The quantitative estimate of drug-likeness (QED) is 0.472. The molecule has 0 spiro atoms. The second-order valence-corrected chi connectivity index (χ2v) is 6.56. The van der Waals surface area contributed by atoms with Crippen LogP contribution >= 0.6 is 22.6 Å². The fourth-order valence-corrected chi connectivity index (χ4v) is 2.51. The van der Waals surface area contributed by atoms with E-state index >= 15 is 0 Å². The molecule has 7 heteroatoms. The van der Waals surface area contributed by atoms with E-state index in [9.17, 15) is 9.59 Å². The second-order valence-electron chi connectivity index (χ2n) is 5.31. The van der Waals surface area contributed by atoms with Crippen LogP contribution in [0, 0.1) is 3.57 Å². The molecule has 1 N–H and O–H groups in total. The lowest BCUT2D eigenvalue weighted by atomic mass is 10.1. The molecular weight excluding hydrogens is 435 g/mol. The van der Waals surface area contributed by atoms with Crippen LogP contribution in [0.1, 0.15) is 23.7 Å². The average Bonchev–Trinajstić information content (AvgIpc) is 2.61. The number of benzene rings is 1. The molecule has 3 aromatic rings. The molecule has 0 fully saturated rings. The van der Waals surface area contributed by atoms with Crippen LogP contribution in [0.3, 0.4) is 0 Å². The molecule has 3 rings (SSSR count). The Balaban J connectivity index is 1.88. The number of halogens is 1. The van der Waals surface area contributed by atoms with Crippen LogP contribution in [0.25, 0.3) is 11.0 Å². The zero-order chi connectivity index (χ0) is 17.8. The van der Waals surface area contributed by atoms with Crippen LogP contribution in [0.4, 0.5) is 5.82 Å². The molecule has 0 aliphatic carbocycles. The van der Waals surface area contributed by atoms with Crippen LogP contribution in [0.2, 0.25) is 0 Å². The van der Waals surface area contributed by atoms with E-state index in [1.165, 1.54) is 6.07 Å². The normalized spacial score (nSPS) is 10.6. The maximum atomic E-state index is 12.3. The molecule has 25 heavy (non-hydrogen) atoms. The molecule has 0 atom stereocenters. The highest BCUT2D eigenvalue weighted by molar-refractivity contribution is 14.1. The summed E-state index contributed by atoms with van der Waals surface area (Å²) in [5.74, 6) is 0.432. The minimum atomic E-state index is -0.705. The van der Waals surface area contributed by atoms with Crippen molar-refractivity contribution in [2.24, 2.45) is 0 Å². The Hall–Kier alpha value is -2.42. The van der Waals surface area contributed by atoms with Crippen LogP contribution in [0.15, 0.2) is 51.8 Å². The third-order valence-electron chi connectivity index (χ3n) is 3.39. The zero-order valence-corrected chi connectivity index (χ0v) is 15.6. The van der Waals surface area contributed by atoms with E-state index in [0.29, 0.717) is 29.1 Å². The van der Waals surface area contributed by atoms with Gasteiger partial charge in [-0.2, -0.15) is 0 Å². The van der Waals surface area contributed by atoms with Crippen LogP contribution in [0.5, 0.6) is 5.75 Å². The van der Waals surface area contributed by atoms with Gasteiger partial charge < -0.3 is 14.5 Å². The van der Waals surface area contributed by atoms with Crippen molar-refractivity contribution < 1.29 is 13.9 Å². The van der Waals surface area contributed by atoms with E-state index in [0.717, 1.165) is 9.99 Å². The van der Waals surface area contributed by atoms with E-state index in [2.05, 4.69) is 32.9 Å². The summed E-state index contributed by atoms with van der Waals surface area (Å²) in [6, 6.07) is 10.2. The highest BCUT2D eigenvalue weighted by Gasteiger charge is 2.15. The van der Waals surface area contributed by atoms with E-state index < -0.39 is 11.5 Å². The lowest BCUT2D eigenvalue weighted by Gasteiger charge is -2.07. The molecule has 1 amide bonds. The minimum Gasteiger partial charge on any atom is -0.493 e. The first-order valence-electron chi connectivity index (χ1n) is 7.70. The molecule has 0 radical (unpaired) electrons. The Bertz CT molecular complexity index is 967. The van der Waals surface area contributed by atoms with Gasteiger partial charge in [-0.05, 0) is 59.3 Å². The summed E-state index contributed by atoms with van der Waals surface area (Å²) in [6.07, 6.45) is 2.50. The molecule has 0 aliphatic rings. The molecule has 1 aromatic carbocycles. The molecule has 0 saturated carbocycles. The second kappa shape index (κ2) is 7.64. The maximum Gasteiger partial charge on any atom is 0.349 e. The molecule has 2 heterocycles. The first-order valence-corrected chi connectivity index (χ1v) is 8.78. The molecule has 128 valence electrons. The highest BCUT2D eigenvalue weighted by atomic mass is 127. The van der Waals surface area contributed by atoms with Gasteiger partial charge in [0, 0.05) is 21.2 Å². The lowest BCUT2D eigenvalue weighted by molar-refractivity contribution is 0.102. The van der Waals surface area contributed by atoms with Crippen molar-refractivity contribution in [3.8, 4) is 5.75 Å². The van der Waals surface area contributed by atoms with Gasteiger partial charge in [-0.25, -0.2) is 9.78 Å². The minimum absolute atomic E-state index is 0.0740. The van der Waals surface area contributed by atoms with Crippen molar-refractivity contribution in [1.82, 2.24) is 4.98 Å². The molecule has 0 aliphatic heterocycles. The zero-order valence-electron chi connectivity index (χ0n) is 13.4. The van der Waals surface area contributed by atoms with E-state index in [1.807, 2.05) is 13.0 Å². The largest absolute Gasteiger partial charge is 0.493 e. The molecule has 6 nitrogen and oxygen atoms in total. The Labute approximate surface area is 157 Å². The number of hydrogen-bond acceptors (Lipinski definition) is 5. The number of aromatic nitrogens is 1. The van der Waals surface area contributed by atoms with E-state index in [-0.39, 0.29) is 5.56 Å². The van der Waals surface area contributed by atoms with Gasteiger partial charge in [-0.15, -0.1) is 0 Å². The fourth-order valence-electron chi connectivity index (χ4n) is 2.19. The molecule has 0 unspecified atom stereocenters. The fraction of sp³-hybridized carbons (Fsp3) is 0.167. The number of nitrogens with zero attached hydrogens (tertiary/aromatic N) is 1. The molecule has 0 saturated heterocycles. The predicted octanol–water partition coefficient (Wildman–Crippen LogP) is 3.83.